The zero-order chi connectivity index (χ0) is 10.8. The standard InChI is InChI=1S/C13H10N2S/c1-2-4-6-10(7-5-3-1)12-8-11-13(16-12)9-14-15-11/h1-9H,(H,14,15)/b2-1-,3-1?,4-2?,5-3-,6-4-,7-5?,10-6?,10-7+. The van der Waals surface area contributed by atoms with E-state index in [-0.39, 0.29) is 0 Å². The van der Waals surface area contributed by atoms with Crippen LogP contribution < -0.4 is 0 Å². The highest BCUT2D eigenvalue weighted by atomic mass is 32.1. The summed E-state index contributed by atoms with van der Waals surface area (Å²) < 4.78 is 1.20. The second kappa shape index (κ2) is 3.94. The van der Waals surface area contributed by atoms with E-state index in [1.807, 2.05) is 24.4 Å². The summed E-state index contributed by atoms with van der Waals surface area (Å²) in [5.41, 5.74) is 2.26. The summed E-state index contributed by atoms with van der Waals surface area (Å²) in [6.07, 6.45) is 16.4. The molecule has 1 N–H and O–H groups in total. The van der Waals surface area contributed by atoms with E-state index in [1.54, 1.807) is 11.3 Å². The lowest BCUT2D eigenvalue weighted by Gasteiger charge is -1.96. The third-order valence-electron chi connectivity index (χ3n) is 2.40. The van der Waals surface area contributed by atoms with Gasteiger partial charge in [0.05, 0.1) is 4.70 Å². The quantitative estimate of drug-likeness (QED) is 0.789. The molecule has 0 spiro atoms. The van der Waals surface area contributed by atoms with E-state index in [9.17, 15) is 0 Å². The Kier molecular flexibility index (Phi) is 2.31. The van der Waals surface area contributed by atoms with Crippen LogP contribution >= 0.6 is 11.3 Å². The summed E-state index contributed by atoms with van der Waals surface area (Å²) >= 11 is 1.76. The number of allylic oxidation sites excluding steroid dienone is 8. The molecule has 0 aliphatic heterocycles. The van der Waals surface area contributed by atoms with E-state index in [4.69, 9.17) is 0 Å². The van der Waals surface area contributed by atoms with Crippen molar-refractivity contribution in [2.75, 3.05) is 0 Å². The summed E-state index contributed by atoms with van der Waals surface area (Å²) in [5, 5.41) is 7.05. The van der Waals surface area contributed by atoms with Crippen molar-refractivity contribution >= 4 is 27.1 Å². The molecule has 2 aromatic rings. The first-order valence-corrected chi connectivity index (χ1v) is 5.90. The van der Waals surface area contributed by atoms with E-state index in [0.717, 1.165) is 5.52 Å². The van der Waals surface area contributed by atoms with Gasteiger partial charge in [0.1, 0.15) is 5.52 Å². The van der Waals surface area contributed by atoms with E-state index in [2.05, 4.69) is 40.6 Å². The molecule has 16 heavy (non-hydrogen) atoms. The van der Waals surface area contributed by atoms with E-state index >= 15 is 0 Å². The van der Waals surface area contributed by atoms with Crippen LogP contribution in [0.2, 0.25) is 0 Å². The predicted octanol–water partition coefficient (Wildman–Crippen LogP) is 3.69. The molecule has 0 saturated heterocycles. The van der Waals surface area contributed by atoms with Gasteiger partial charge in [0.25, 0.3) is 0 Å². The molecule has 2 aromatic heterocycles. The lowest BCUT2D eigenvalue weighted by molar-refractivity contribution is 1.12. The summed E-state index contributed by atoms with van der Waals surface area (Å²) in [5.74, 6) is 0. The average Bonchev–Trinajstić information content (AvgIpc) is 2.76. The van der Waals surface area contributed by atoms with Gasteiger partial charge in [-0.25, -0.2) is 0 Å². The van der Waals surface area contributed by atoms with Gasteiger partial charge in [-0.2, -0.15) is 5.10 Å². The van der Waals surface area contributed by atoms with Crippen molar-refractivity contribution in [3.05, 3.63) is 59.7 Å². The Morgan fingerprint density at radius 2 is 1.94 bits per heavy atom. The fraction of sp³-hybridized carbons (Fsp3) is 0. The lowest BCUT2D eigenvalue weighted by atomic mass is 10.1. The molecule has 3 rings (SSSR count). The van der Waals surface area contributed by atoms with Gasteiger partial charge in [-0.05, 0) is 11.6 Å². The van der Waals surface area contributed by atoms with Gasteiger partial charge < -0.3 is 0 Å². The van der Waals surface area contributed by atoms with Crippen molar-refractivity contribution in [1.82, 2.24) is 10.2 Å². The van der Waals surface area contributed by atoms with Gasteiger partial charge in [0.15, 0.2) is 0 Å². The molecule has 1 aliphatic rings. The third-order valence-corrected chi connectivity index (χ3v) is 3.52. The molecule has 78 valence electrons. The van der Waals surface area contributed by atoms with Crippen molar-refractivity contribution in [3.8, 4) is 0 Å². The Bertz CT molecular complexity index is 595. The molecule has 0 bridgehead atoms. The van der Waals surface area contributed by atoms with Crippen molar-refractivity contribution in [1.29, 1.82) is 0 Å². The molecule has 2 heterocycles. The summed E-state index contributed by atoms with van der Waals surface area (Å²) in [4.78, 5) is 1.25. The first kappa shape index (κ1) is 9.36. The molecular formula is C13H10N2S. The van der Waals surface area contributed by atoms with Gasteiger partial charge in [-0.3, -0.25) is 5.10 Å². The van der Waals surface area contributed by atoms with E-state index < -0.39 is 0 Å². The topological polar surface area (TPSA) is 28.7 Å². The van der Waals surface area contributed by atoms with Gasteiger partial charge in [-0.1, -0.05) is 42.5 Å². The van der Waals surface area contributed by atoms with Crippen LogP contribution in [0, 0.1) is 0 Å². The highest BCUT2D eigenvalue weighted by Crippen LogP contribution is 2.30. The summed E-state index contributed by atoms with van der Waals surface area (Å²) in [6.45, 7) is 0. The maximum Gasteiger partial charge on any atom is 0.103 e. The van der Waals surface area contributed by atoms with Crippen LogP contribution in [0.5, 0.6) is 0 Å². The second-order valence-electron chi connectivity index (χ2n) is 3.50. The first-order valence-electron chi connectivity index (χ1n) is 5.09. The molecule has 2 nitrogen and oxygen atoms in total. The van der Waals surface area contributed by atoms with Crippen LogP contribution in [-0.2, 0) is 0 Å². The fourth-order valence-corrected chi connectivity index (χ4v) is 2.60. The number of H-pyrrole nitrogens is 1. The lowest BCUT2D eigenvalue weighted by Crippen LogP contribution is -1.75. The van der Waals surface area contributed by atoms with Gasteiger partial charge >= 0.3 is 0 Å². The van der Waals surface area contributed by atoms with Crippen LogP contribution in [0.4, 0.5) is 0 Å². The van der Waals surface area contributed by atoms with E-state index in [0.29, 0.717) is 0 Å². The second-order valence-corrected chi connectivity index (χ2v) is 4.58. The molecule has 0 amide bonds. The first-order chi connectivity index (χ1) is 7.93. The normalized spacial score (nSPS) is 24.4. The Hall–Kier alpha value is -1.87. The fourth-order valence-electron chi connectivity index (χ4n) is 1.62. The Labute approximate surface area is 97.3 Å². The molecule has 0 radical (unpaired) electrons. The minimum absolute atomic E-state index is 1.04. The SMILES string of the molecule is C1=C\C=C/C(c2cc3n[nH]cc3s2)=C\C=C/1. The van der Waals surface area contributed by atoms with Gasteiger partial charge in [-0.15, -0.1) is 11.3 Å². The Morgan fingerprint density at radius 1 is 1.06 bits per heavy atom. The van der Waals surface area contributed by atoms with Crippen LogP contribution in [0.1, 0.15) is 4.88 Å². The maximum atomic E-state index is 4.18. The molecule has 0 atom stereocenters. The number of thiophene rings is 1. The maximum absolute atomic E-state index is 4.18. The molecule has 0 fully saturated rings. The molecule has 3 heteroatoms. The minimum Gasteiger partial charge on any atom is -0.284 e. The minimum atomic E-state index is 1.04. The zero-order valence-corrected chi connectivity index (χ0v) is 9.37. The highest BCUT2D eigenvalue weighted by Gasteiger charge is 2.05. The smallest absolute Gasteiger partial charge is 0.103 e. The molecular weight excluding hydrogens is 216 g/mol. The Balaban J connectivity index is 2.06. The zero-order valence-electron chi connectivity index (χ0n) is 8.55. The van der Waals surface area contributed by atoms with Crippen LogP contribution in [0.15, 0.2) is 54.8 Å². The number of aromatic amines is 1. The molecule has 1 aliphatic carbocycles. The van der Waals surface area contributed by atoms with Crippen LogP contribution in [-0.4, -0.2) is 10.2 Å². The highest BCUT2D eigenvalue weighted by molar-refractivity contribution is 7.20. The van der Waals surface area contributed by atoms with Crippen LogP contribution in [0.3, 0.4) is 0 Å². The predicted molar refractivity (Wildman–Crippen MR) is 69.4 cm³/mol. The number of hydrogen-bond donors (Lipinski definition) is 1. The number of aromatic nitrogens is 2. The van der Waals surface area contributed by atoms with Crippen molar-refractivity contribution in [3.63, 3.8) is 0 Å². The van der Waals surface area contributed by atoms with Gasteiger partial charge in [0, 0.05) is 11.1 Å². The number of hydrogen-bond acceptors (Lipinski definition) is 2. The Morgan fingerprint density at radius 3 is 2.88 bits per heavy atom. The van der Waals surface area contributed by atoms with Gasteiger partial charge in [0.2, 0.25) is 0 Å². The van der Waals surface area contributed by atoms with Crippen molar-refractivity contribution < 1.29 is 0 Å². The monoisotopic (exact) mass is 226 g/mol. The number of fused-ring (bicyclic) bond motifs is 1. The largest absolute Gasteiger partial charge is 0.284 e. The third kappa shape index (κ3) is 1.66. The van der Waals surface area contributed by atoms with Crippen molar-refractivity contribution in [2.45, 2.75) is 0 Å². The molecule has 0 saturated carbocycles. The van der Waals surface area contributed by atoms with E-state index in [1.165, 1.54) is 15.2 Å². The number of nitrogens with one attached hydrogen (secondary N) is 1. The van der Waals surface area contributed by atoms with Crippen molar-refractivity contribution in [2.24, 2.45) is 0 Å². The average molecular weight is 226 g/mol. The number of nitrogens with zero attached hydrogens (tertiary/aromatic N) is 1. The summed E-state index contributed by atoms with van der Waals surface area (Å²) in [6, 6.07) is 2.12. The summed E-state index contributed by atoms with van der Waals surface area (Å²) in [7, 11) is 0. The number of rotatable bonds is 1. The molecule has 0 aromatic carbocycles. The molecule has 0 unspecified atom stereocenters. The van der Waals surface area contributed by atoms with Crippen LogP contribution in [0.25, 0.3) is 15.8 Å².